The number of allylic oxidation sites excluding steroid dienone is 2. The van der Waals surface area contributed by atoms with Crippen LogP contribution in [0, 0.1) is 17.8 Å². The molecule has 8 heteroatoms. The van der Waals surface area contributed by atoms with Gasteiger partial charge in [0, 0.05) is 29.2 Å². The van der Waals surface area contributed by atoms with Crippen molar-refractivity contribution < 1.29 is 24.4 Å². The van der Waals surface area contributed by atoms with E-state index in [0.717, 1.165) is 28.0 Å². The van der Waals surface area contributed by atoms with E-state index in [9.17, 15) is 19.7 Å². The fourth-order valence-corrected chi connectivity index (χ4v) is 6.99. The number of carbonyl (C=O) groups is 2. The topological polar surface area (TPSA) is 96.7 Å². The van der Waals surface area contributed by atoms with Crippen molar-refractivity contribution in [3.8, 4) is 5.75 Å². The molecule has 1 aliphatic heterocycles. The number of nitrogens with zero attached hydrogens (tertiary/aromatic N) is 1. The van der Waals surface area contributed by atoms with Crippen LogP contribution in [0.25, 0.3) is 11.6 Å². The van der Waals surface area contributed by atoms with Crippen molar-refractivity contribution in [1.82, 2.24) is 4.98 Å². The lowest BCUT2D eigenvalue weighted by atomic mass is 9.54. The average Bonchev–Trinajstić information content (AvgIpc) is 2.95. The summed E-state index contributed by atoms with van der Waals surface area (Å²) in [5, 5.41) is 21.0. The molecule has 1 fully saturated rings. The van der Waals surface area contributed by atoms with Crippen molar-refractivity contribution in [2.75, 3.05) is 0 Å². The van der Waals surface area contributed by atoms with Crippen LogP contribution < -0.4 is 0 Å². The number of phenolic OH excluding ortho intramolecular Hbond substituents is 1. The highest BCUT2D eigenvalue weighted by Gasteiger charge is 2.52. The van der Waals surface area contributed by atoms with E-state index >= 15 is 0 Å². The first kappa shape index (κ1) is 26.7. The zero-order valence-electron chi connectivity index (χ0n) is 22.1. The first-order valence-corrected chi connectivity index (χ1v) is 14.0. The van der Waals surface area contributed by atoms with Gasteiger partial charge in [0.15, 0.2) is 11.6 Å². The van der Waals surface area contributed by atoms with Crippen molar-refractivity contribution in [1.29, 1.82) is 0 Å². The zero-order chi connectivity index (χ0) is 28.0. The molecule has 0 unspecified atom stereocenters. The van der Waals surface area contributed by atoms with Crippen LogP contribution in [0.2, 0.25) is 11.3 Å². The summed E-state index contributed by atoms with van der Waals surface area (Å²) in [4.78, 5) is 31.7. The van der Waals surface area contributed by atoms with Gasteiger partial charge in [-0.05, 0) is 91.5 Å². The lowest BCUT2D eigenvalue weighted by Gasteiger charge is -2.47. The van der Waals surface area contributed by atoms with Crippen LogP contribution in [0.4, 0.5) is 0 Å². The molecule has 0 bridgehead atoms. The van der Waals surface area contributed by atoms with E-state index in [2.05, 4.69) is 4.98 Å². The zero-order valence-corrected chi connectivity index (χ0v) is 22.8. The first-order chi connectivity index (χ1) is 19.3. The fourth-order valence-electron chi connectivity index (χ4n) is 6.76. The van der Waals surface area contributed by atoms with Gasteiger partial charge in [-0.15, -0.1) is 0 Å². The van der Waals surface area contributed by atoms with Crippen LogP contribution in [0.5, 0.6) is 5.75 Å². The minimum absolute atomic E-state index is 0.0147. The molecule has 2 heterocycles. The van der Waals surface area contributed by atoms with Crippen LogP contribution in [0.1, 0.15) is 58.2 Å². The van der Waals surface area contributed by atoms with Gasteiger partial charge < -0.3 is 14.8 Å². The Morgan fingerprint density at radius 1 is 1.07 bits per heavy atom. The van der Waals surface area contributed by atoms with E-state index in [4.69, 9.17) is 16.3 Å². The number of aromatic nitrogens is 1. The van der Waals surface area contributed by atoms with E-state index in [-0.39, 0.29) is 29.6 Å². The number of fused-ring (bicyclic) bond motifs is 4. The number of aromatic hydroxyl groups is 1. The molecule has 3 aliphatic rings. The average molecular weight is 554 g/mol. The monoisotopic (exact) mass is 553 g/mol. The predicted molar refractivity (Wildman–Crippen MR) is 155 cm³/mol. The van der Waals surface area contributed by atoms with Gasteiger partial charge in [-0.3, -0.25) is 14.6 Å². The molecule has 6 rings (SSSR count). The predicted octanol–water partition coefficient (Wildman–Crippen LogP) is 6.29. The number of halogens is 1. The fraction of sp³-hybridized carbons (Fsp3) is 0.281. The Morgan fingerprint density at radius 3 is 2.55 bits per heavy atom. The van der Waals surface area contributed by atoms with Crippen molar-refractivity contribution in [2.24, 2.45) is 17.8 Å². The number of pyridine rings is 1. The molecule has 2 N–H and O–H groups in total. The summed E-state index contributed by atoms with van der Waals surface area (Å²) >= 11 is 6.42. The number of hydrogen-bond donors (Lipinski definition) is 2. The Morgan fingerprint density at radius 2 is 1.82 bits per heavy atom. The largest absolute Gasteiger partial charge is 0.508 e. The van der Waals surface area contributed by atoms with E-state index in [1.165, 1.54) is 6.07 Å². The maximum atomic E-state index is 13.7. The standard InChI is InChI=1S/C32H29BClNO5/c1-18-14-24-30(32(38)23-7-3-2-6-22(23)31(24)37)25-17-33(39)40-28(29(18)25)12-10-20(27-8-4-5-13-35-27)15-19-9-11-21(36)16-26(19)34/h2-9,11,13,15-16,24-25,28,30,36,39H,10,12,14,17H2,1H3/b20-15-/t24-,25+,28-,30-/m1/s1. The molecule has 0 saturated carbocycles. The summed E-state index contributed by atoms with van der Waals surface area (Å²) < 4.78 is 6.11. The molecule has 0 amide bonds. The number of benzene rings is 2. The molecule has 1 aromatic heterocycles. The molecule has 2 aromatic carbocycles. The second-order valence-electron chi connectivity index (χ2n) is 10.9. The van der Waals surface area contributed by atoms with Crippen LogP contribution in [-0.2, 0) is 4.65 Å². The van der Waals surface area contributed by atoms with E-state index in [1.54, 1.807) is 42.6 Å². The van der Waals surface area contributed by atoms with Crippen molar-refractivity contribution in [3.05, 3.63) is 105 Å². The lowest BCUT2D eigenvalue weighted by molar-refractivity contribution is 0.0602. The molecule has 1 saturated heterocycles. The normalized spacial score (nSPS) is 24.5. The highest BCUT2D eigenvalue weighted by molar-refractivity contribution is 6.43. The van der Waals surface area contributed by atoms with E-state index in [1.807, 2.05) is 31.2 Å². The Labute approximate surface area is 238 Å². The minimum Gasteiger partial charge on any atom is -0.508 e. The number of phenols is 1. The summed E-state index contributed by atoms with van der Waals surface area (Å²) in [5.41, 5.74) is 5.56. The second kappa shape index (κ2) is 10.8. The van der Waals surface area contributed by atoms with Gasteiger partial charge >= 0.3 is 7.12 Å². The van der Waals surface area contributed by atoms with Crippen LogP contribution in [-0.4, -0.2) is 39.9 Å². The summed E-state index contributed by atoms with van der Waals surface area (Å²) in [6.07, 6.45) is 5.20. The smallest absolute Gasteiger partial charge is 0.455 e. The SMILES string of the molecule is CC1=C2[C@@H](CC/C(=C/c3ccc(O)cc3Cl)c3ccccn3)OB(O)C[C@@H]2[C@@H]2C(=O)c3ccccc3C(=O)[C@@H]2C1. The Bertz CT molecular complexity index is 1550. The first-order valence-electron chi connectivity index (χ1n) is 13.6. The number of Topliss-reactive ketones (excluding diaryl/α,β-unsaturated/α-hetero) is 2. The Balaban J connectivity index is 1.33. The summed E-state index contributed by atoms with van der Waals surface area (Å²) in [5.74, 6) is -1.08. The molecular formula is C32H29BClNO5. The highest BCUT2D eigenvalue weighted by atomic mass is 35.5. The summed E-state index contributed by atoms with van der Waals surface area (Å²) in [7, 11) is -1.03. The summed E-state index contributed by atoms with van der Waals surface area (Å²) in [6, 6.07) is 17.6. The van der Waals surface area contributed by atoms with Gasteiger partial charge in [-0.2, -0.15) is 0 Å². The molecule has 202 valence electrons. The quantitative estimate of drug-likeness (QED) is 0.285. The molecule has 0 radical (unpaired) electrons. The third-order valence-corrected chi connectivity index (χ3v) is 8.82. The molecule has 4 atom stereocenters. The van der Waals surface area contributed by atoms with Gasteiger partial charge in [0.25, 0.3) is 0 Å². The van der Waals surface area contributed by atoms with Crippen molar-refractivity contribution in [3.63, 3.8) is 0 Å². The van der Waals surface area contributed by atoms with Crippen molar-refractivity contribution >= 4 is 41.9 Å². The van der Waals surface area contributed by atoms with E-state index < -0.39 is 25.1 Å². The van der Waals surface area contributed by atoms with Gasteiger partial charge in [0.05, 0.1) is 16.8 Å². The summed E-state index contributed by atoms with van der Waals surface area (Å²) in [6.45, 7) is 2.02. The number of rotatable bonds is 5. The third-order valence-electron chi connectivity index (χ3n) is 8.49. The van der Waals surface area contributed by atoms with Gasteiger partial charge in [-0.25, -0.2) is 0 Å². The Kier molecular flexibility index (Phi) is 7.21. The van der Waals surface area contributed by atoms with Gasteiger partial charge in [0.1, 0.15) is 5.75 Å². The third kappa shape index (κ3) is 4.83. The molecule has 3 aromatic rings. The maximum absolute atomic E-state index is 13.7. The van der Waals surface area contributed by atoms with Gasteiger partial charge in [0.2, 0.25) is 0 Å². The van der Waals surface area contributed by atoms with E-state index in [0.29, 0.717) is 35.4 Å². The van der Waals surface area contributed by atoms with Gasteiger partial charge in [-0.1, -0.05) is 47.5 Å². The highest BCUT2D eigenvalue weighted by Crippen LogP contribution is 2.51. The molecule has 2 aliphatic carbocycles. The molecule has 0 spiro atoms. The molecular weight excluding hydrogens is 525 g/mol. The number of carbonyl (C=O) groups excluding carboxylic acids is 2. The molecule has 6 nitrogen and oxygen atoms in total. The Hall–Kier alpha value is -3.52. The lowest BCUT2D eigenvalue weighted by Crippen LogP contribution is -2.50. The minimum atomic E-state index is -1.03. The van der Waals surface area contributed by atoms with Crippen molar-refractivity contribution in [2.45, 2.75) is 38.6 Å². The molecule has 40 heavy (non-hydrogen) atoms. The second-order valence-corrected chi connectivity index (χ2v) is 11.3. The van der Waals surface area contributed by atoms with Crippen LogP contribution in [0.15, 0.2) is 78.0 Å². The number of hydrogen-bond acceptors (Lipinski definition) is 6. The van der Waals surface area contributed by atoms with Crippen LogP contribution >= 0.6 is 11.6 Å². The van der Waals surface area contributed by atoms with Crippen LogP contribution in [0.3, 0.4) is 0 Å². The number of ketones is 2. The maximum Gasteiger partial charge on any atom is 0.455 e.